The van der Waals surface area contributed by atoms with E-state index < -0.39 is 50.7 Å². The molecule has 0 bridgehead atoms. The molecule has 0 heterocycles. The summed E-state index contributed by atoms with van der Waals surface area (Å²) in [6.07, 6.45) is -7.87. The molecular formula is C7HF13O3S. The number of rotatable bonds is 1. The van der Waals surface area contributed by atoms with Gasteiger partial charge in [-0.15, -0.1) is 0 Å². The van der Waals surface area contributed by atoms with Crippen molar-refractivity contribution in [2.24, 2.45) is 0 Å². The molecule has 1 aliphatic rings. The van der Waals surface area contributed by atoms with Crippen LogP contribution < -0.4 is 0 Å². The lowest BCUT2D eigenvalue weighted by molar-refractivity contribution is -0.484. The predicted molar refractivity (Wildman–Crippen MR) is 45.1 cm³/mol. The van der Waals surface area contributed by atoms with Gasteiger partial charge in [0.2, 0.25) is 0 Å². The van der Waals surface area contributed by atoms with Crippen LogP contribution in [0.5, 0.6) is 0 Å². The molecule has 144 valence electrons. The molecule has 1 aliphatic carbocycles. The van der Waals surface area contributed by atoms with E-state index in [1.54, 1.807) is 0 Å². The van der Waals surface area contributed by atoms with Crippen LogP contribution in [0.15, 0.2) is 0 Å². The molecule has 24 heavy (non-hydrogen) atoms. The topological polar surface area (TPSA) is 54.4 Å². The second kappa shape index (κ2) is 4.39. The van der Waals surface area contributed by atoms with Gasteiger partial charge in [-0.1, -0.05) is 0 Å². The summed E-state index contributed by atoms with van der Waals surface area (Å²) in [5, 5.41) is -7.78. The highest BCUT2D eigenvalue weighted by Gasteiger charge is 3.07. The van der Waals surface area contributed by atoms with Gasteiger partial charge in [0.15, 0.2) is 0 Å². The maximum absolute atomic E-state index is 13.6. The summed E-state index contributed by atoms with van der Waals surface area (Å²) in [7, 11) is -8.01. The van der Waals surface area contributed by atoms with Crippen LogP contribution >= 0.6 is 0 Å². The predicted octanol–water partition coefficient (Wildman–Crippen LogP) is 3.37. The third-order valence-corrected chi connectivity index (χ3v) is 4.43. The zero-order valence-electron chi connectivity index (χ0n) is 10.1. The van der Waals surface area contributed by atoms with Crippen LogP contribution in [0.3, 0.4) is 0 Å². The summed E-state index contributed by atoms with van der Waals surface area (Å²) < 4.78 is 197. The Morgan fingerprint density at radius 2 is 0.958 bits per heavy atom. The minimum absolute atomic E-state index is 7.78. The molecule has 1 N–H and O–H groups in total. The van der Waals surface area contributed by atoms with Crippen LogP contribution in [0.2, 0.25) is 0 Å². The van der Waals surface area contributed by atoms with Crippen molar-refractivity contribution in [2.75, 3.05) is 0 Å². The average Bonchev–Trinajstić information content (AvgIpc) is 2.31. The highest BCUT2D eigenvalue weighted by atomic mass is 32.2. The van der Waals surface area contributed by atoms with Gasteiger partial charge in [0.1, 0.15) is 0 Å². The fraction of sp³-hybridized carbons (Fsp3) is 1.00. The molecule has 2 unspecified atom stereocenters. The summed E-state index contributed by atoms with van der Waals surface area (Å²) in [6, 6.07) is 0. The summed E-state index contributed by atoms with van der Waals surface area (Å²) in [4.78, 5) is 0. The molecule has 0 aromatic heterocycles. The normalized spacial score (nSPS) is 37.9. The molecule has 1 saturated carbocycles. The van der Waals surface area contributed by atoms with Crippen molar-refractivity contribution in [3.8, 4) is 0 Å². The van der Waals surface area contributed by atoms with Gasteiger partial charge in [-0.05, 0) is 0 Å². The van der Waals surface area contributed by atoms with Gasteiger partial charge in [-0.2, -0.15) is 56.7 Å². The van der Waals surface area contributed by atoms with Crippen molar-refractivity contribution in [2.45, 2.75) is 40.5 Å². The number of halogens is 13. The van der Waals surface area contributed by atoms with Crippen LogP contribution in [0.1, 0.15) is 0 Å². The van der Waals surface area contributed by atoms with E-state index in [-0.39, 0.29) is 0 Å². The second-order valence-corrected chi connectivity index (χ2v) is 6.04. The second-order valence-electron chi connectivity index (χ2n) is 4.52. The first kappa shape index (κ1) is 21.0. The largest absolute Gasteiger partial charge is 0.435 e. The minimum Gasteiger partial charge on any atom is -0.283 e. The molecule has 1 fully saturated rings. The molecule has 0 amide bonds. The third-order valence-electron chi connectivity index (χ3n) is 3.21. The molecule has 0 aromatic carbocycles. The van der Waals surface area contributed by atoms with Gasteiger partial charge in [-0.3, -0.25) is 4.55 Å². The Morgan fingerprint density at radius 1 is 0.625 bits per heavy atom. The number of hydrogen-bond acceptors (Lipinski definition) is 2. The van der Waals surface area contributed by atoms with Crippen molar-refractivity contribution in [1.82, 2.24) is 0 Å². The monoisotopic (exact) mass is 412 g/mol. The van der Waals surface area contributed by atoms with E-state index in [0.29, 0.717) is 0 Å². The lowest BCUT2D eigenvalue weighted by Crippen LogP contribution is -2.89. The van der Waals surface area contributed by atoms with Gasteiger partial charge in [0.25, 0.3) is 0 Å². The molecule has 0 aliphatic heterocycles. The Hall–Kier alpha value is -1.00. The third kappa shape index (κ3) is 1.67. The van der Waals surface area contributed by atoms with E-state index in [9.17, 15) is 65.5 Å². The Bertz CT molecular complexity index is 651. The van der Waals surface area contributed by atoms with Crippen LogP contribution in [0.25, 0.3) is 0 Å². The van der Waals surface area contributed by atoms with Crippen molar-refractivity contribution >= 4 is 10.1 Å². The lowest BCUT2D eigenvalue weighted by atomic mass is 9.72. The van der Waals surface area contributed by atoms with E-state index >= 15 is 0 Å². The highest BCUT2D eigenvalue weighted by Crippen LogP contribution is 2.72. The Morgan fingerprint density at radius 3 is 1.21 bits per heavy atom. The molecular weight excluding hydrogens is 411 g/mol. The van der Waals surface area contributed by atoms with E-state index in [0.717, 1.165) is 0 Å². The first-order chi connectivity index (χ1) is 10.0. The lowest BCUT2D eigenvalue weighted by Gasteiger charge is -2.53. The zero-order valence-corrected chi connectivity index (χ0v) is 10.9. The van der Waals surface area contributed by atoms with Crippen LogP contribution in [0, 0.1) is 0 Å². The molecule has 1 rings (SSSR count). The number of hydrogen-bond donors (Lipinski definition) is 1. The summed E-state index contributed by atoms with van der Waals surface area (Å²) >= 11 is 0. The maximum atomic E-state index is 13.6. The van der Waals surface area contributed by atoms with E-state index in [1.807, 2.05) is 0 Å². The molecule has 0 aromatic rings. The molecule has 0 radical (unpaired) electrons. The molecule has 0 spiro atoms. The fourth-order valence-corrected chi connectivity index (χ4v) is 2.83. The maximum Gasteiger partial charge on any atom is 0.435 e. The van der Waals surface area contributed by atoms with Crippen LogP contribution in [0.4, 0.5) is 57.1 Å². The van der Waals surface area contributed by atoms with Gasteiger partial charge >= 0.3 is 50.7 Å². The molecule has 3 nitrogen and oxygen atoms in total. The summed E-state index contributed by atoms with van der Waals surface area (Å²) in [6.45, 7) is 0. The van der Waals surface area contributed by atoms with E-state index in [2.05, 4.69) is 0 Å². The quantitative estimate of drug-likeness (QED) is 0.531. The molecule has 2 atom stereocenters. The Labute approximate surface area is 122 Å². The van der Waals surface area contributed by atoms with Crippen molar-refractivity contribution < 1.29 is 70.0 Å². The van der Waals surface area contributed by atoms with Gasteiger partial charge in [-0.25, -0.2) is 8.78 Å². The SMILES string of the molecule is O=S(=O)(O)C1(F)C(F)(F)C(F)(F)C(F)(F)C(F)(C(F)(F)F)C1(F)F. The summed E-state index contributed by atoms with van der Waals surface area (Å²) in [5.41, 5.74) is -8.12. The average molecular weight is 412 g/mol. The standard InChI is InChI=1S/C7HF13O3S/c8-1(7(18,19)20)2(9,10)4(13,14)5(15,16)6(17,3(1,11)12)24(21,22)23/h(H,21,22,23). The first-order valence-electron chi connectivity index (χ1n) is 4.93. The van der Waals surface area contributed by atoms with E-state index in [1.165, 1.54) is 0 Å². The van der Waals surface area contributed by atoms with E-state index in [4.69, 9.17) is 4.55 Å². The van der Waals surface area contributed by atoms with Crippen molar-refractivity contribution in [1.29, 1.82) is 0 Å². The minimum atomic E-state index is -8.12. The van der Waals surface area contributed by atoms with Gasteiger partial charge in [0.05, 0.1) is 0 Å². The molecule has 0 saturated heterocycles. The Kier molecular flexibility index (Phi) is 3.85. The highest BCUT2D eigenvalue weighted by molar-refractivity contribution is 7.87. The number of alkyl halides is 13. The van der Waals surface area contributed by atoms with Crippen LogP contribution in [-0.4, -0.2) is 53.5 Å². The smallest absolute Gasteiger partial charge is 0.283 e. The molecule has 17 heteroatoms. The van der Waals surface area contributed by atoms with Gasteiger partial charge < -0.3 is 0 Å². The fourth-order valence-electron chi connectivity index (χ4n) is 1.91. The van der Waals surface area contributed by atoms with Gasteiger partial charge in [0, 0.05) is 0 Å². The summed E-state index contributed by atoms with van der Waals surface area (Å²) in [5.74, 6) is -32.0. The first-order valence-corrected chi connectivity index (χ1v) is 6.37. The zero-order chi connectivity index (χ0) is 20.0. The Balaban J connectivity index is 4.22. The van der Waals surface area contributed by atoms with Crippen LogP contribution in [-0.2, 0) is 10.1 Å². The van der Waals surface area contributed by atoms with Crippen molar-refractivity contribution in [3.63, 3.8) is 0 Å². The van der Waals surface area contributed by atoms with Crippen molar-refractivity contribution in [3.05, 3.63) is 0 Å².